The number of benzene rings is 2. The Hall–Kier alpha value is -4.16. The normalized spacial score (nSPS) is 26.4. The highest BCUT2D eigenvalue weighted by Crippen LogP contribution is 2.51. The number of carbonyl (C=O) groups is 4. The molecule has 0 aromatic heterocycles. The lowest BCUT2D eigenvalue weighted by atomic mass is 9.71. The molecule has 2 heterocycles. The van der Waals surface area contributed by atoms with Gasteiger partial charge in [0.1, 0.15) is 0 Å². The molecular weight excluding hydrogens is 550 g/mol. The third kappa shape index (κ3) is 5.39. The van der Waals surface area contributed by atoms with E-state index in [1.807, 2.05) is 18.2 Å². The van der Waals surface area contributed by atoms with Crippen LogP contribution in [0, 0.1) is 17.8 Å². The molecule has 5 rings (SSSR count). The van der Waals surface area contributed by atoms with Crippen LogP contribution in [0.1, 0.15) is 42.0 Å². The lowest BCUT2D eigenvalue weighted by Crippen LogP contribution is -2.54. The van der Waals surface area contributed by atoms with E-state index >= 15 is 0 Å². The zero-order chi connectivity index (χ0) is 30.3. The van der Waals surface area contributed by atoms with E-state index in [2.05, 4.69) is 18.0 Å². The Bertz CT molecular complexity index is 1420. The number of nitrogens with zero attached hydrogens (tertiary/aromatic N) is 1. The number of carboxylic acid groups (broad SMARTS) is 3. The maximum Gasteiger partial charge on any atom is 0.335 e. The molecule has 0 bridgehead atoms. The van der Waals surface area contributed by atoms with Gasteiger partial charge in [0.2, 0.25) is 6.29 Å². The molecule has 1 aliphatic carbocycles. The van der Waals surface area contributed by atoms with Crippen LogP contribution in [0.5, 0.6) is 11.5 Å². The monoisotopic (exact) mass is 583 g/mol. The summed E-state index contributed by atoms with van der Waals surface area (Å²) in [5.74, 6) is -8.58. The van der Waals surface area contributed by atoms with Crippen LogP contribution in [0.4, 0.5) is 0 Å². The fourth-order valence-electron chi connectivity index (χ4n) is 6.85. The van der Waals surface area contributed by atoms with Crippen molar-refractivity contribution in [3.8, 4) is 22.6 Å². The molecule has 2 aromatic rings. The van der Waals surface area contributed by atoms with Crippen molar-refractivity contribution in [1.29, 1.82) is 0 Å². The summed E-state index contributed by atoms with van der Waals surface area (Å²) >= 11 is 0. The van der Waals surface area contributed by atoms with Crippen LogP contribution in [0.2, 0.25) is 0 Å². The second-order valence-corrected chi connectivity index (χ2v) is 11.1. The van der Waals surface area contributed by atoms with E-state index in [-0.39, 0.29) is 17.5 Å². The van der Waals surface area contributed by atoms with Crippen molar-refractivity contribution in [2.75, 3.05) is 20.7 Å². The summed E-state index contributed by atoms with van der Waals surface area (Å²) in [4.78, 5) is 50.4. The minimum Gasteiger partial charge on any atom is -0.504 e. The lowest BCUT2D eigenvalue weighted by molar-refractivity contribution is -0.233. The number of ether oxygens (including phenoxy) is 3. The molecule has 0 unspecified atom stereocenters. The first-order valence-corrected chi connectivity index (χ1v) is 13.7. The molecule has 0 radical (unpaired) electrons. The van der Waals surface area contributed by atoms with E-state index in [9.17, 15) is 39.6 Å². The molecule has 2 aliphatic heterocycles. The third-order valence-electron chi connectivity index (χ3n) is 8.73. The number of methoxy groups -OCH3 is 1. The number of fused-ring (bicyclic) bond motifs is 2. The molecule has 3 aliphatic rings. The Labute approximate surface area is 241 Å². The molecule has 2 aromatic carbocycles. The van der Waals surface area contributed by atoms with Crippen LogP contribution in [-0.4, -0.2) is 82.3 Å². The van der Waals surface area contributed by atoms with Crippen molar-refractivity contribution < 1.29 is 53.8 Å². The Balaban J connectivity index is 1.56. The van der Waals surface area contributed by atoms with Gasteiger partial charge in [-0.25, -0.2) is 4.79 Å². The maximum atomic E-state index is 12.7. The van der Waals surface area contributed by atoms with Gasteiger partial charge >= 0.3 is 23.9 Å². The molecular formula is C30H33NO11. The topological polar surface area (TPSA) is 180 Å². The zero-order valence-electron chi connectivity index (χ0n) is 23.2. The van der Waals surface area contributed by atoms with Gasteiger partial charge in [0.15, 0.2) is 17.6 Å². The van der Waals surface area contributed by atoms with E-state index < -0.39 is 73.3 Å². The van der Waals surface area contributed by atoms with E-state index in [0.29, 0.717) is 12.0 Å². The predicted octanol–water partition coefficient (Wildman–Crippen LogP) is 2.69. The number of phenolic OH excluding ortho intramolecular Hbond substituents is 1. The van der Waals surface area contributed by atoms with Crippen LogP contribution in [-0.2, 0) is 41.5 Å². The molecule has 0 saturated carbocycles. The van der Waals surface area contributed by atoms with E-state index in [1.54, 1.807) is 0 Å². The molecule has 6 atom stereocenters. The maximum absolute atomic E-state index is 12.7. The average molecular weight is 584 g/mol. The predicted molar refractivity (Wildman–Crippen MR) is 145 cm³/mol. The van der Waals surface area contributed by atoms with Gasteiger partial charge in [0.05, 0.1) is 20.0 Å². The number of hydrogen-bond donors (Lipinski definition) is 4. The number of aromatic hydroxyl groups is 1. The molecule has 0 spiro atoms. The zero-order valence-corrected chi connectivity index (χ0v) is 23.2. The van der Waals surface area contributed by atoms with Gasteiger partial charge < -0.3 is 34.6 Å². The first-order valence-electron chi connectivity index (χ1n) is 13.7. The number of likely N-dealkylation sites (N-methyl/N-ethyl adjacent to an activating group) is 1. The summed E-state index contributed by atoms with van der Waals surface area (Å²) in [5.41, 5.74) is 4.67. The van der Waals surface area contributed by atoms with E-state index in [1.165, 1.54) is 11.6 Å². The summed E-state index contributed by atoms with van der Waals surface area (Å²) in [6, 6.07) is 9.45. The van der Waals surface area contributed by atoms with Gasteiger partial charge in [-0.15, -0.1) is 0 Å². The Kier molecular flexibility index (Phi) is 8.11. The molecule has 1 saturated heterocycles. The van der Waals surface area contributed by atoms with Crippen LogP contribution >= 0.6 is 0 Å². The third-order valence-corrected chi connectivity index (χ3v) is 8.73. The van der Waals surface area contributed by atoms with Crippen molar-refractivity contribution in [2.45, 2.75) is 50.5 Å². The van der Waals surface area contributed by atoms with E-state index in [0.717, 1.165) is 36.8 Å². The number of phenols is 1. The van der Waals surface area contributed by atoms with Crippen molar-refractivity contribution in [3.63, 3.8) is 0 Å². The first-order chi connectivity index (χ1) is 20.0. The minimum atomic E-state index is -1.54. The summed E-state index contributed by atoms with van der Waals surface area (Å²) in [6.45, 7) is 0.912. The van der Waals surface area contributed by atoms with Crippen molar-refractivity contribution in [1.82, 2.24) is 4.90 Å². The van der Waals surface area contributed by atoms with Gasteiger partial charge in [0, 0.05) is 36.4 Å². The number of carboxylic acids is 3. The highest BCUT2D eigenvalue weighted by molar-refractivity contribution is 5.82. The quantitative estimate of drug-likeness (QED) is 0.318. The second kappa shape index (κ2) is 11.6. The Morgan fingerprint density at radius 3 is 2.26 bits per heavy atom. The second-order valence-electron chi connectivity index (χ2n) is 11.1. The number of rotatable bonds is 9. The SMILES string of the molecule is COC(=O)[C@H]1O[C@@H](Oc2ccc3c(c2O)-c2cccc4c2[C@@H](C3)N(C)CC4)[C@H](CC(=O)O)[C@@H](CC(=O)O)[C@@H]1CC(=O)O. The van der Waals surface area contributed by atoms with Crippen molar-refractivity contribution >= 4 is 23.9 Å². The Morgan fingerprint density at radius 2 is 1.60 bits per heavy atom. The molecule has 1 fully saturated rings. The van der Waals surface area contributed by atoms with Crippen LogP contribution in [0.25, 0.3) is 11.1 Å². The van der Waals surface area contributed by atoms with Crippen molar-refractivity contribution in [2.24, 2.45) is 17.8 Å². The number of hydrogen-bond acceptors (Lipinski definition) is 9. The average Bonchev–Trinajstić information content (AvgIpc) is 2.93. The number of esters is 1. The molecule has 4 N–H and O–H groups in total. The summed E-state index contributed by atoms with van der Waals surface area (Å²) < 4.78 is 16.8. The molecule has 12 nitrogen and oxygen atoms in total. The van der Waals surface area contributed by atoms with Crippen LogP contribution in [0.3, 0.4) is 0 Å². The first kappa shape index (κ1) is 29.3. The van der Waals surface area contributed by atoms with Crippen LogP contribution < -0.4 is 4.74 Å². The van der Waals surface area contributed by atoms with Crippen molar-refractivity contribution in [3.05, 3.63) is 47.0 Å². The van der Waals surface area contributed by atoms with Crippen LogP contribution in [0.15, 0.2) is 30.3 Å². The van der Waals surface area contributed by atoms with Gasteiger partial charge in [-0.3, -0.25) is 19.3 Å². The standard InChI is InChI=1S/C30H33NO11/c1-31-9-8-14-4-3-5-16-25(14)20(31)10-15-6-7-21(27(38)26(15)16)41-30-19(13-24(36)37)17(11-22(32)33)18(12-23(34)35)28(42-30)29(39)40-2/h3-7,17-20,28,30,38H,8-13H2,1-2H3,(H,32,33)(H,34,35)(H,36,37)/t17-,18-,19+,20+,28-,30+/m0/s1. The summed E-state index contributed by atoms with van der Waals surface area (Å²) in [7, 11) is 3.15. The summed E-state index contributed by atoms with van der Waals surface area (Å²) in [6.07, 6.45) is -3.43. The smallest absolute Gasteiger partial charge is 0.335 e. The highest BCUT2D eigenvalue weighted by atomic mass is 16.7. The summed E-state index contributed by atoms with van der Waals surface area (Å²) in [5, 5.41) is 40.4. The van der Waals surface area contributed by atoms with Gasteiger partial charge in [-0.1, -0.05) is 24.3 Å². The largest absolute Gasteiger partial charge is 0.504 e. The molecule has 12 heteroatoms. The Morgan fingerprint density at radius 1 is 0.929 bits per heavy atom. The number of carbonyl (C=O) groups excluding carboxylic acids is 1. The number of aliphatic carboxylic acids is 3. The lowest BCUT2D eigenvalue weighted by Gasteiger charge is -2.44. The van der Waals surface area contributed by atoms with Gasteiger partial charge in [0.25, 0.3) is 0 Å². The highest BCUT2D eigenvalue weighted by Gasteiger charge is 2.52. The van der Waals surface area contributed by atoms with Gasteiger partial charge in [-0.05, 0) is 54.1 Å². The molecule has 224 valence electrons. The molecule has 0 amide bonds. The van der Waals surface area contributed by atoms with E-state index in [4.69, 9.17) is 14.2 Å². The van der Waals surface area contributed by atoms with Gasteiger partial charge in [-0.2, -0.15) is 0 Å². The fourth-order valence-corrected chi connectivity index (χ4v) is 6.85. The minimum absolute atomic E-state index is 0.0382. The molecule has 42 heavy (non-hydrogen) atoms. The fraction of sp³-hybridized carbons (Fsp3) is 0.467.